The fourth-order valence-corrected chi connectivity index (χ4v) is 4.07. The number of amides is 1. The number of aromatic nitrogens is 1. The summed E-state index contributed by atoms with van der Waals surface area (Å²) in [5, 5.41) is 12.9. The van der Waals surface area contributed by atoms with E-state index < -0.39 is 0 Å². The maximum absolute atomic E-state index is 12.7. The summed E-state index contributed by atoms with van der Waals surface area (Å²) in [5.41, 5.74) is 2.04. The molecule has 34 heavy (non-hydrogen) atoms. The van der Waals surface area contributed by atoms with Crippen molar-refractivity contribution in [3.8, 4) is 17.2 Å². The number of pyridine rings is 1. The molecule has 0 radical (unpaired) electrons. The van der Waals surface area contributed by atoms with Gasteiger partial charge >= 0.3 is 0 Å². The Morgan fingerprint density at radius 3 is 2.56 bits per heavy atom. The van der Waals surface area contributed by atoms with E-state index in [0.29, 0.717) is 28.5 Å². The van der Waals surface area contributed by atoms with Gasteiger partial charge in [0.1, 0.15) is 11.6 Å². The Bertz CT molecular complexity index is 1120. The van der Waals surface area contributed by atoms with Crippen LogP contribution in [-0.2, 0) is 6.54 Å². The first kappa shape index (κ1) is 23.4. The van der Waals surface area contributed by atoms with Crippen LogP contribution in [0.1, 0.15) is 22.3 Å². The zero-order chi connectivity index (χ0) is 23.9. The monoisotopic (exact) mass is 462 g/mol. The van der Waals surface area contributed by atoms with Crippen molar-refractivity contribution in [2.45, 2.75) is 13.0 Å². The number of para-hydroxylation sites is 1. The highest BCUT2D eigenvalue weighted by molar-refractivity contribution is 6.04. The number of hydrogen-bond acceptors (Lipinski definition) is 7. The molecule has 0 unspecified atom stereocenters. The van der Waals surface area contributed by atoms with Crippen molar-refractivity contribution in [1.82, 2.24) is 9.88 Å². The number of aromatic hydroxyl groups is 1. The Morgan fingerprint density at radius 1 is 1.00 bits per heavy atom. The first-order valence-corrected chi connectivity index (χ1v) is 11.3. The van der Waals surface area contributed by atoms with Crippen molar-refractivity contribution in [3.63, 3.8) is 0 Å². The molecule has 0 saturated carbocycles. The number of carbonyl (C=O) groups is 1. The topological polar surface area (TPSA) is 87.2 Å². The molecule has 1 saturated heterocycles. The molecule has 0 atom stereocenters. The van der Waals surface area contributed by atoms with E-state index in [1.54, 1.807) is 37.6 Å². The van der Waals surface area contributed by atoms with Crippen LogP contribution in [0.15, 0.2) is 60.8 Å². The minimum Gasteiger partial charge on any atom is -0.508 e. The molecule has 2 heterocycles. The molecule has 0 bridgehead atoms. The third-order valence-corrected chi connectivity index (χ3v) is 5.95. The summed E-state index contributed by atoms with van der Waals surface area (Å²) in [7, 11) is 3.09. The molecule has 0 spiro atoms. The second-order valence-electron chi connectivity index (χ2n) is 8.17. The average molecular weight is 463 g/mol. The zero-order valence-electron chi connectivity index (χ0n) is 19.5. The number of nitrogens with one attached hydrogen (secondary N) is 1. The number of carbonyl (C=O) groups excluding carboxylic acids is 1. The number of ether oxygens (including phenoxy) is 2. The molecule has 2 aromatic carbocycles. The fourth-order valence-electron chi connectivity index (χ4n) is 4.07. The lowest BCUT2D eigenvalue weighted by Crippen LogP contribution is -2.31. The van der Waals surface area contributed by atoms with Gasteiger partial charge in [-0.05, 0) is 42.8 Å². The van der Waals surface area contributed by atoms with Gasteiger partial charge in [-0.15, -0.1) is 0 Å². The molecule has 8 nitrogen and oxygen atoms in total. The molecule has 178 valence electrons. The molecule has 4 rings (SSSR count). The minimum atomic E-state index is -0.245. The van der Waals surface area contributed by atoms with Crippen LogP contribution < -0.4 is 19.7 Å². The van der Waals surface area contributed by atoms with Crippen molar-refractivity contribution >= 4 is 17.4 Å². The maximum atomic E-state index is 12.7. The lowest BCUT2D eigenvalue weighted by Gasteiger charge is -2.23. The number of hydrogen-bond donors (Lipinski definition) is 2. The molecule has 2 N–H and O–H groups in total. The van der Waals surface area contributed by atoms with E-state index in [2.05, 4.69) is 20.1 Å². The maximum Gasteiger partial charge on any atom is 0.255 e. The van der Waals surface area contributed by atoms with Gasteiger partial charge in [-0.25, -0.2) is 4.98 Å². The van der Waals surface area contributed by atoms with Crippen molar-refractivity contribution in [2.24, 2.45) is 0 Å². The van der Waals surface area contributed by atoms with Crippen molar-refractivity contribution in [2.75, 3.05) is 50.6 Å². The standard InChI is InChI=1S/C26H30N4O4/c1-33-23-10-8-19(16-24(23)34-2)26(32)28-21-9-11-25(27-17-21)30-13-5-12-29(14-15-30)18-20-6-3-4-7-22(20)31/h3-4,6-11,16-17,31H,5,12-15,18H2,1-2H3,(H,28,32). The Labute approximate surface area is 199 Å². The van der Waals surface area contributed by atoms with Crippen LogP contribution >= 0.6 is 0 Å². The minimum absolute atomic E-state index is 0.245. The number of anilines is 2. The molecular formula is C26H30N4O4. The largest absolute Gasteiger partial charge is 0.508 e. The van der Waals surface area contributed by atoms with E-state index in [4.69, 9.17) is 9.47 Å². The van der Waals surface area contributed by atoms with E-state index in [0.717, 1.165) is 50.5 Å². The van der Waals surface area contributed by atoms with Crippen molar-refractivity contribution in [3.05, 3.63) is 71.9 Å². The Morgan fingerprint density at radius 2 is 1.82 bits per heavy atom. The molecule has 1 aromatic heterocycles. The number of phenolic OH excluding ortho intramolecular Hbond substituents is 1. The quantitative estimate of drug-likeness (QED) is 0.553. The van der Waals surface area contributed by atoms with Gasteiger partial charge in [-0.1, -0.05) is 18.2 Å². The van der Waals surface area contributed by atoms with Crippen LogP contribution in [-0.4, -0.2) is 61.3 Å². The van der Waals surface area contributed by atoms with Gasteiger partial charge in [0.2, 0.25) is 0 Å². The van der Waals surface area contributed by atoms with E-state index >= 15 is 0 Å². The highest BCUT2D eigenvalue weighted by Gasteiger charge is 2.17. The van der Waals surface area contributed by atoms with E-state index in [1.807, 2.05) is 30.3 Å². The smallest absolute Gasteiger partial charge is 0.255 e. The van der Waals surface area contributed by atoms with Gasteiger partial charge in [-0.3, -0.25) is 9.69 Å². The second-order valence-corrected chi connectivity index (χ2v) is 8.17. The lowest BCUT2D eigenvalue weighted by atomic mass is 10.2. The summed E-state index contributed by atoms with van der Waals surface area (Å²) >= 11 is 0. The molecule has 1 aliphatic rings. The number of benzene rings is 2. The molecule has 1 aliphatic heterocycles. The summed E-state index contributed by atoms with van der Waals surface area (Å²) in [6.07, 6.45) is 2.69. The van der Waals surface area contributed by atoms with Crippen molar-refractivity contribution < 1.29 is 19.4 Å². The van der Waals surface area contributed by atoms with Crippen LogP contribution in [0.3, 0.4) is 0 Å². The molecule has 0 aliphatic carbocycles. The highest BCUT2D eigenvalue weighted by atomic mass is 16.5. The van der Waals surface area contributed by atoms with Crippen LogP contribution in [0.25, 0.3) is 0 Å². The summed E-state index contributed by atoms with van der Waals surface area (Å²) in [4.78, 5) is 21.8. The average Bonchev–Trinajstić information content (AvgIpc) is 3.11. The van der Waals surface area contributed by atoms with Gasteiger partial charge in [0.15, 0.2) is 11.5 Å². The molecule has 8 heteroatoms. The van der Waals surface area contributed by atoms with Gasteiger partial charge < -0.3 is 24.8 Å². The highest BCUT2D eigenvalue weighted by Crippen LogP contribution is 2.28. The molecule has 1 fully saturated rings. The Kier molecular flexibility index (Phi) is 7.49. The Hall–Kier alpha value is -3.78. The second kappa shape index (κ2) is 10.9. The summed E-state index contributed by atoms with van der Waals surface area (Å²) < 4.78 is 10.5. The fraction of sp³-hybridized carbons (Fsp3) is 0.308. The summed E-state index contributed by atoms with van der Waals surface area (Å²) in [5.74, 6) is 2.05. The van der Waals surface area contributed by atoms with Crippen LogP contribution in [0, 0.1) is 0 Å². The Balaban J connectivity index is 1.35. The molecular weight excluding hydrogens is 432 g/mol. The first-order valence-electron chi connectivity index (χ1n) is 11.3. The number of rotatable bonds is 7. The predicted octanol–water partition coefficient (Wildman–Crippen LogP) is 3.77. The van der Waals surface area contributed by atoms with Gasteiger partial charge in [0.05, 0.1) is 26.1 Å². The van der Waals surface area contributed by atoms with Gasteiger partial charge in [0.25, 0.3) is 5.91 Å². The van der Waals surface area contributed by atoms with Crippen LogP contribution in [0.5, 0.6) is 17.2 Å². The number of phenols is 1. The van der Waals surface area contributed by atoms with Gasteiger partial charge in [-0.2, -0.15) is 0 Å². The first-order chi connectivity index (χ1) is 16.6. The third kappa shape index (κ3) is 5.58. The number of nitrogens with zero attached hydrogens (tertiary/aromatic N) is 3. The zero-order valence-corrected chi connectivity index (χ0v) is 19.5. The van der Waals surface area contributed by atoms with Crippen LogP contribution in [0.2, 0.25) is 0 Å². The number of methoxy groups -OCH3 is 2. The summed E-state index contributed by atoms with van der Waals surface area (Å²) in [6, 6.07) is 16.3. The van der Waals surface area contributed by atoms with E-state index in [9.17, 15) is 9.90 Å². The van der Waals surface area contributed by atoms with Crippen molar-refractivity contribution in [1.29, 1.82) is 0 Å². The molecule has 1 amide bonds. The lowest BCUT2D eigenvalue weighted by molar-refractivity contribution is 0.102. The third-order valence-electron chi connectivity index (χ3n) is 5.95. The normalized spacial score (nSPS) is 14.4. The summed E-state index contributed by atoms with van der Waals surface area (Å²) in [6.45, 7) is 4.33. The molecule has 3 aromatic rings. The van der Waals surface area contributed by atoms with E-state index in [1.165, 1.54) is 7.11 Å². The SMILES string of the molecule is COc1ccc(C(=O)Nc2ccc(N3CCCN(Cc4ccccc4O)CC3)nc2)cc1OC. The van der Waals surface area contributed by atoms with Gasteiger partial charge in [0, 0.05) is 43.9 Å². The van der Waals surface area contributed by atoms with E-state index in [-0.39, 0.29) is 5.91 Å². The van der Waals surface area contributed by atoms with Crippen LogP contribution in [0.4, 0.5) is 11.5 Å². The predicted molar refractivity (Wildman–Crippen MR) is 132 cm³/mol.